The molecule has 0 saturated heterocycles. The molecule has 0 unspecified atom stereocenters. The van der Waals surface area contributed by atoms with Crippen molar-refractivity contribution in [2.45, 2.75) is 6.54 Å². The van der Waals surface area contributed by atoms with Gasteiger partial charge in [0.25, 0.3) is 0 Å². The van der Waals surface area contributed by atoms with Gasteiger partial charge in [-0.05, 0) is 35.1 Å². The molecule has 0 aliphatic carbocycles. The number of hydrogen-bond donors (Lipinski definition) is 1. The van der Waals surface area contributed by atoms with Crippen molar-refractivity contribution < 1.29 is 14.4 Å². The Morgan fingerprint density at radius 1 is 1.20 bits per heavy atom. The van der Waals surface area contributed by atoms with Crippen LogP contribution in [0.1, 0.15) is 5.56 Å². The fraction of sp³-hybridized carbons (Fsp3) is 0.231. The van der Waals surface area contributed by atoms with E-state index in [0.29, 0.717) is 19.8 Å². The van der Waals surface area contributed by atoms with E-state index >= 15 is 0 Å². The van der Waals surface area contributed by atoms with Crippen LogP contribution in [-0.4, -0.2) is 18.1 Å². The van der Waals surface area contributed by atoms with Crippen molar-refractivity contribution in [3.8, 4) is 11.5 Å². The fourth-order valence-electron chi connectivity index (χ4n) is 1.91. The second-order valence-corrected chi connectivity index (χ2v) is 5.29. The Morgan fingerprint density at radius 2 is 2.00 bits per heavy atom. The maximum atomic E-state index is 10.6. The van der Waals surface area contributed by atoms with Gasteiger partial charge in [-0.3, -0.25) is 10.1 Å². The molecule has 0 bridgehead atoms. The lowest BCUT2D eigenvalue weighted by Gasteiger charge is -2.18. The molecule has 0 spiro atoms. The van der Waals surface area contributed by atoms with Crippen molar-refractivity contribution >= 4 is 21.3 Å². The van der Waals surface area contributed by atoms with Crippen LogP contribution in [0.4, 0.5) is 10.0 Å². The Labute approximate surface area is 119 Å². The number of nitrogens with zero attached hydrogens (tertiary/aromatic N) is 1. The molecule has 6 nitrogen and oxygen atoms in total. The first-order valence-electron chi connectivity index (χ1n) is 6.09. The van der Waals surface area contributed by atoms with Gasteiger partial charge in [-0.1, -0.05) is 6.07 Å². The number of nitro groups is 1. The van der Waals surface area contributed by atoms with E-state index in [1.165, 1.54) is 6.07 Å². The molecule has 0 saturated carbocycles. The quantitative estimate of drug-likeness (QED) is 0.692. The molecule has 0 radical (unpaired) electrons. The number of thiophene rings is 1. The van der Waals surface area contributed by atoms with Crippen LogP contribution in [0.5, 0.6) is 11.5 Å². The second-order valence-electron chi connectivity index (χ2n) is 4.23. The minimum Gasteiger partial charge on any atom is -0.486 e. The summed E-state index contributed by atoms with van der Waals surface area (Å²) in [4.78, 5) is 10.2. The molecule has 1 aliphatic rings. The van der Waals surface area contributed by atoms with E-state index in [0.717, 1.165) is 33.4 Å². The topological polar surface area (TPSA) is 73.6 Å². The van der Waals surface area contributed by atoms with Gasteiger partial charge in [0.05, 0.1) is 9.92 Å². The number of ether oxygens (including phenoxy) is 2. The van der Waals surface area contributed by atoms with Crippen LogP contribution in [-0.2, 0) is 6.54 Å². The van der Waals surface area contributed by atoms with Crippen molar-refractivity contribution in [3.05, 3.63) is 46.0 Å². The highest BCUT2D eigenvalue weighted by molar-refractivity contribution is 7.19. The zero-order valence-corrected chi connectivity index (χ0v) is 11.3. The Kier molecular flexibility index (Phi) is 3.42. The first-order chi connectivity index (χ1) is 9.72. The van der Waals surface area contributed by atoms with Crippen LogP contribution in [0.2, 0.25) is 0 Å². The summed E-state index contributed by atoms with van der Waals surface area (Å²) in [5, 5.41) is 14.7. The fourth-order valence-corrected chi connectivity index (χ4v) is 2.62. The summed E-state index contributed by atoms with van der Waals surface area (Å²) in [6.07, 6.45) is 0. The molecule has 0 fully saturated rings. The lowest BCUT2D eigenvalue weighted by atomic mass is 10.2. The van der Waals surface area contributed by atoms with E-state index in [1.54, 1.807) is 6.07 Å². The van der Waals surface area contributed by atoms with Crippen molar-refractivity contribution in [3.63, 3.8) is 0 Å². The van der Waals surface area contributed by atoms with Crippen LogP contribution in [0.25, 0.3) is 0 Å². The number of nitrogens with one attached hydrogen (secondary N) is 1. The Hall–Kier alpha value is -2.28. The van der Waals surface area contributed by atoms with Gasteiger partial charge >= 0.3 is 5.00 Å². The average Bonchev–Trinajstić information content (AvgIpc) is 2.94. The Balaban J connectivity index is 1.67. The van der Waals surface area contributed by atoms with Gasteiger partial charge in [0.2, 0.25) is 0 Å². The van der Waals surface area contributed by atoms with E-state index in [2.05, 4.69) is 5.32 Å². The monoisotopic (exact) mass is 292 g/mol. The van der Waals surface area contributed by atoms with Gasteiger partial charge in [0, 0.05) is 12.6 Å². The second kappa shape index (κ2) is 5.38. The molecule has 2 aromatic rings. The summed E-state index contributed by atoms with van der Waals surface area (Å²) in [7, 11) is 0. The molecule has 1 aromatic carbocycles. The highest BCUT2D eigenvalue weighted by Crippen LogP contribution is 2.32. The molecule has 0 atom stereocenters. The lowest BCUT2D eigenvalue weighted by molar-refractivity contribution is -0.380. The normalized spacial score (nSPS) is 13.0. The van der Waals surface area contributed by atoms with Crippen LogP contribution in [0.15, 0.2) is 30.3 Å². The van der Waals surface area contributed by atoms with E-state index in [4.69, 9.17) is 9.47 Å². The summed E-state index contributed by atoms with van der Waals surface area (Å²) in [5.41, 5.74) is 1.03. The smallest absolute Gasteiger partial charge is 0.326 e. The third kappa shape index (κ3) is 2.67. The summed E-state index contributed by atoms with van der Waals surface area (Å²) in [6, 6.07) is 8.95. The van der Waals surface area contributed by atoms with Gasteiger partial charge in [-0.2, -0.15) is 0 Å². The standard InChI is InChI=1S/C13H12N2O4S/c16-15(17)13-4-3-12(20-13)14-8-9-1-2-10-11(7-9)19-6-5-18-10/h1-4,7,14H,5-6,8H2. The van der Waals surface area contributed by atoms with Crippen molar-refractivity contribution in [2.75, 3.05) is 18.5 Å². The van der Waals surface area contributed by atoms with E-state index in [1.807, 2.05) is 18.2 Å². The molecule has 1 N–H and O–H groups in total. The Morgan fingerprint density at radius 3 is 2.75 bits per heavy atom. The summed E-state index contributed by atoms with van der Waals surface area (Å²) >= 11 is 1.12. The Bertz CT molecular complexity index is 641. The maximum Gasteiger partial charge on any atom is 0.326 e. The highest BCUT2D eigenvalue weighted by Gasteiger charge is 2.12. The van der Waals surface area contributed by atoms with Crippen LogP contribution < -0.4 is 14.8 Å². The molecule has 104 valence electrons. The van der Waals surface area contributed by atoms with Crippen molar-refractivity contribution in [1.29, 1.82) is 0 Å². The molecule has 1 aliphatic heterocycles. The summed E-state index contributed by atoms with van der Waals surface area (Å²) in [5.74, 6) is 1.50. The number of benzene rings is 1. The molecule has 1 aromatic heterocycles. The third-order valence-electron chi connectivity index (χ3n) is 2.85. The number of anilines is 1. The molecule has 2 heterocycles. The lowest BCUT2D eigenvalue weighted by Crippen LogP contribution is -2.15. The molecule has 20 heavy (non-hydrogen) atoms. The van der Waals surface area contributed by atoms with E-state index in [9.17, 15) is 10.1 Å². The van der Waals surface area contributed by atoms with Crippen LogP contribution >= 0.6 is 11.3 Å². The first kappa shape index (κ1) is 12.7. The summed E-state index contributed by atoms with van der Waals surface area (Å²) in [6.45, 7) is 1.71. The predicted octanol–water partition coefficient (Wildman–Crippen LogP) is 3.04. The molecule has 7 heteroatoms. The average molecular weight is 292 g/mol. The zero-order chi connectivity index (χ0) is 13.9. The zero-order valence-electron chi connectivity index (χ0n) is 10.5. The third-order valence-corrected chi connectivity index (χ3v) is 3.84. The summed E-state index contributed by atoms with van der Waals surface area (Å²) < 4.78 is 11.0. The van der Waals surface area contributed by atoms with Gasteiger partial charge in [-0.15, -0.1) is 0 Å². The van der Waals surface area contributed by atoms with Gasteiger partial charge in [0.1, 0.15) is 13.2 Å². The van der Waals surface area contributed by atoms with Gasteiger partial charge in [0.15, 0.2) is 11.5 Å². The SMILES string of the molecule is O=[N+]([O-])c1ccc(NCc2ccc3c(c2)OCCO3)s1. The molecular weight excluding hydrogens is 280 g/mol. The minimum absolute atomic E-state index is 0.134. The van der Waals surface area contributed by atoms with E-state index < -0.39 is 0 Å². The number of fused-ring (bicyclic) bond motifs is 1. The van der Waals surface area contributed by atoms with Crippen molar-refractivity contribution in [2.24, 2.45) is 0 Å². The highest BCUT2D eigenvalue weighted by atomic mass is 32.1. The maximum absolute atomic E-state index is 10.6. The first-order valence-corrected chi connectivity index (χ1v) is 6.90. The molecule has 0 amide bonds. The number of hydrogen-bond acceptors (Lipinski definition) is 6. The minimum atomic E-state index is -0.389. The van der Waals surface area contributed by atoms with Crippen molar-refractivity contribution in [1.82, 2.24) is 0 Å². The molecular formula is C13H12N2O4S. The molecule has 3 rings (SSSR count). The largest absolute Gasteiger partial charge is 0.486 e. The van der Waals surface area contributed by atoms with Crippen LogP contribution in [0, 0.1) is 10.1 Å². The van der Waals surface area contributed by atoms with Crippen LogP contribution in [0.3, 0.4) is 0 Å². The van der Waals surface area contributed by atoms with E-state index in [-0.39, 0.29) is 9.92 Å². The van der Waals surface area contributed by atoms with Gasteiger partial charge < -0.3 is 14.8 Å². The number of rotatable bonds is 4. The predicted molar refractivity (Wildman–Crippen MR) is 75.7 cm³/mol. The van der Waals surface area contributed by atoms with Gasteiger partial charge in [-0.25, -0.2) is 0 Å².